The van der Waals surface area contributed by atoms with Crippen LogP contribution in [-0.2, 0) is 20.1 Å². The summed E-state index contributed by atoms with van der Waals surface area (Å²) in [5.74, 6) is 0. The number of hydrogen-bond donors (Lipinski definition) is 0. The van der Waals surface area contributed by atoms with Crippen LogP contribution >= 0.6 is 7.81 Å². The van der Waals surface area contributed by atoms with Gasteiger partial charge in [0.1, 0.15) is 0 Å². The molecule has 6 rings (SSSR count). The number of hydrogen-bond acceptors (Lipinski definition) is 4. The van der Waals surface area contributed by atoms with Crippen molar-refractivity contribution >= 4 is 19.0 Å². The summed E-state index contributed by atoms with van der Waals surface area (Å²) in [4.78, 5) is 16.8. The van der Waals surface area contributed by atoms with Crippen molar-refractivity contribution < 1.29 is 54.1 Å². The maximum absolute atomic E-state index is 12.6. The van der Waals surface area contributed by atoms with Gasteiger partial charge in [0.25, 0.3) is 0 Å². The van der Waals surface area contributed by atoms with Crippen LogP contribution in [0.2, 0.25) is 0 Å². The van der Waals surface area contributed by atoms with E-state index in [4.69, 9.17) is 0 Å². The molecule has 0 fully saturated rings. The minimum absolute atomic E-state index is 0. The second kappa shape index (κ2) is 16.5. The number of aryl methyl sites for hydroxylation is 2. The maximum atomic E-state index is 12.6. The third-order valence-corrected chi connectivity index (χ3v) is 5.52. The topological polar surface area (TPSA) is 51.6 Å². The normalized spacial score (nSPS) is 14.2. The van der Waals surface area contributed by atoms with Crippen molar-refractivity contribution in [2.24, 2.45) is 0 Å². The van der Waals surface area contributed by atoms with Crippen LogP contribution in [0.25, 0.3) is 22.5 Å². The molecule has 0 aliphatic heterocycles. The number of aromatic nitrogens is 4. The fourth-order valence-corrected chi connectivity index (χ4v) is 3.41. The molecule has 0 saturated carbocycles. The van der Waals surface area contributed by atoms with Crippen molar-refractivity contribution in [3.05, 3.63) is 168 Å². The second-order valence-corrected chi connectivity index (χ2v) is 11.6. The quantitative estimate of drug-likeness (QED) is 0.0891. The average molecular weight is 866 g/mol. The van der Waals surface area contributed by atoms with Gasteiger partial charge in [0.05, 0.1) is 22.8 Å². The molecule has 0 spiro atoms. The van der Waals surface area contributed by atoms with Crippen LogP contribution in [0.3, 0.4) is 0 Å². The Bertz CT molecular complexity index is 1680. The first-order chi connectivity index (χ1) is 21.9. The third kappa shape index (κ3) is 16.8. The molecular formula is C34H26F8IrN4P. The predicted molar refractivity (Wildman–Crippen MR) is 169 cm³/mol. The van der Waals surface area contributed by atoms with Gasteiger partial charge in [-0.1, -0.05) is 35.4 Å². The van der Waals surface area contributed by atoms with Crippen LogP contribution in [0.4, 0.5) is 34.0 Å². The summed E-state index contributed by atoms with van der Waals surface area (Å²) in [7, 11) is -10.7. The molecule has 0 aromatic carbocycles. The Morgan fingerprint density at radius 2 is 0.917 bits per heavy atom. The van der Waals surface area contributed by atoms with Crippen molar-refractivity contribution in [3.63, 3.8) is 0 Å². The van der Waals surface area contributed by atoms with E-state index in [2.05, 4.69) is 31.4 Å². The number of nitrogens with zero attached hydrogens (tertiary/aromatic N) is 4. The van der Waals surface area contributed by atoms with Gasteiger partial charge in [0.15, 0.2) is 0 Å². The summed E-state index contributed by atoms with van der Waals surface area (Å²) >= 11 is 0. The van der Waals surface area contributed by atoms with Crippen molar-refractivity contribution in [2.45, 2.75) is 13.8 Å². The molecule has 0 amide bonds. The van der Waals surface area contributed by atoms with E-state index in [9.17, 15) is 34.0 Å². The van der Waals surface area contributed by atoms with E-state index in [0.29, 0.717) is 0 Å². The van der Waals surface area contributed by atoms with E-state index < -0.39 is 7.81 Å². The number of halogens is 8. The average Bonchev–Trinajstić information content (AvgIpc) is 3.03. The summed E-state index contributed by atoms with van der Waals surface area (Å²) in [5.41, 5.74) is 13.0. The first kappa shape index (κ1) is 39.6. The summed E-state index contributed by atoms with van der Waals surface area (Å²) in [6.07, 6.45) is 15.4. The predicted octanol–water partition coefficient (Wildman–Crippen LogP) is 11.5. The van der Waals surface area contributed by atoms with Gasteiger partial charge >= 0.3 is 53.1 Å². The minimum atomic E-state index is -10.7. The van der Waals surface area contributed by atoms with Gasteiger partial charge in [-0.05, 0) is 61.4 Å². The zero-order valence-electron chi connectivity index (χ0n) is 25.1. The molecular weight excluding hydrogens is 840 g/mol. The molecule has 252 valence electrons. The Balaban J connectivity index is 0.000000227. The Morgan fingerprint density at radius 1 is 0.542 bits per heavy atom. The van der Waals surface area contributed by atoms with E-state index in [1.54, 1.807) is 36.9 Å². The van der Waals surface area contributed by atoms with Gasteiger partial charge in [0, 0.05) is 37.1 Å². The van der Waals surface area contributed by atoms with E-state index in [-0.39, 0.29) is 32.4 Å². The molecule has 4 nitrogen and oxygen atoms in total. The first-order valence-electron chi connectivity index (χ1n) is 13.5. The SMILES string of the molecule is Cc1ccc(C2=C=C[C-](F)C=C2)nc1.Cc1ccc(C2=C=C[C-](F)C=C2)nc1.F[P-](F)(F)(F)(F)F.[Ir+3].c1ccc(-c2ccccn2)nc1. The van der Waals surface area contributed by atoms with Crippen molar-refractivity contribution in [2.75, 3.05) is 0 Å². The Labute approximate surface area is 285 Å². The van der Waals surface area contributed by atoms with Gasteiger partial charge in [-0.25, -0.2) is 0 Å². The molecule has 4 aromatic heterocycles. The van der Waals surface area contributed by atoms with Crippen LogP contribution < -0.4 is 0 Å². The standard InChI is InChI=1S/2C12H9FN.C10H8N2.F6P.Ir/c2*1-9-2-7-12(14-8-9)10-3-5-11(13)6-4-10;1-3-7-11-9(5-1)10-6-2-4-8-12-10;1-7(2,3,4,5)6;/h2*2-3,5-8H,1H3;1-8H;;/q2*-1;;-1;+3. The monoisotopic (exact) mass is 866 g/mol. The van der Waals surface area contributed by atoms with Crippen molar-refractivity contribution in [3.8, 4) is 11.4 Å². The van der Waals surface area contributed by atoms with Crippen molar-refractivity contribution in [1.29, 1.82) is 0 Å². The first-order valence-corrected chi connectivity index (χ1v) is 15.5. The van der Waals surface area contributed by atoms with E-state index in [1.807, 2.05) is 74.5 Å². The molecule has 48 heavy (non-hydrogen) atoms. The summed E-state index contributed by atoms with van der Waals surface area (Å²) in [6.45, 7) is 3.95. The molecule has 0 radical (unpaired) electrons. The number of rotatable bonds is 3. The molecule has 2 aliphatic rings. The summed E-state index contributed by atoms with van der Waals surface area (Å²) in [6, 6.07) is 19.3. The minimum Gasteiger partial charge on any atom is -0.255 e. The van der Waals surface area contributed by atoms with E-state index in [1.165, 1.54) is 24.3 Å². The number of pyridine rings is 4. The van der Waals surface area contributed by atoms with Crippen LogP contribution in [0.15, 0.2) is 133 Å². The molecule has 4 heterocycles. The molecule has 0 N–H and O–H groups in total. The van der Waals surface area contributed by atoms with Gasteiger partial charge in [-0.15, -0.1) is 24.3 Å². The smallest absolute Gasteiger partial charge is 0.255 e. The molecule has 0 unspecified atom stereocenters. The van der Waals surface area contributed by atoms with Gasteiger partial charge < -0.3 is 0 Å². The van der Waals surface area contributed by atoms with Crippen LogP contribution in [0, 0.1) is 26.2 Å². The van der Waals surface area contributed by atoms with Gasteiger partial charge in [0.2, 0.25) is 0 Å². The van der Waals surface area contributed by atoms with Crippen LogP contribution in [0.5, 0.6) is 0 Å². The molecule has 2 aliphatic carbocycles. The molecule has 0 atom stereocenters. The Hall–Kier alpha value is -4.62. The molecule has 14 heteroatoms. The molecule has 0 bridgehead atoms. The fourth-order valence-electron chi connectivity index (χ4n) is 3.41. The van der Waals surface area contributed by atoms with Crippen LogP contribution in [0.1, 0.15) is 22.5 Å². The van der Waals surface area contributed by atoms with E-state index >= 15 is 0 Å². The van der Waals surface area contributed by atoms with E-state index in [0.717, 1.165) is 45.0 Å². The van der Waals surface area contributed by atoms with Crippen molar-refractivity contribution in [1.82, 2.24) is 19.9 Å². The Morgan fingerprint density at radius 3 is 1.17 bits per heavy atom. The maximum Gasteiger partial charge on any atom is 3.00 e. The zero-order valence-corrected chi connectivity index (χ0v) is 28.4. The Kier molecular flexibility index (Phi) is 13.6. The van der Waals surface area contributed by atoms with Gasteiger partial charge in [-0.3, -0.25) is 40.2 Å². The third-order valence-electron chi connectivity index (χ3n) is 5.52. The second-order valence-electron chi connectivity index (χ2n) is 9.67. The van der Waals surface area contributed by atoms with Crippen LogP contribution in [-0.4, -0.2) is 19.9 Å². The largest absolute Gasteiger partial charge is 3.00 e. The summed E-state index contributed by atoms with van der Waals surface area (Å²) in [5, 5.41) is 0. The van der Waals surface area contributed by atoms with Gasteiger partial charge in [-0.2, -0.15) is 12.2 Å². The summed E-state index contributed by atoms with van der Waals surface area (Å²) < 4.78 is 84.4. The zero-order chi connectivity index (χ0) is 34.6. The molecule has 0 saturated heterocycles. The molecule has 4 aromatic rings. The fraction of sp³-hybridized carbons (Fsp3) is 0.0588. The number of allylic oxidation sites excluding steroid dienone is 6.